The van der Waals surface area contributed by atoms with Crippen LogP contribution in [0.25, 0.3) is 0 Å². The number of hydrogen-bond acceptors (Lipinski definition) is 4. The van der Waals surface area contributed by atoms with E-state index in [2.05, 4.69) is 5.32 Å². The minimum Gasteiger partial charge on any atom is -0.504 e. The maximum Gasteiger partial charge on any atom is 0.161 e. The van der Waals surface area contributed by atoms with Gasteiger partial charge in [0.15, 0.2) is 11.5 Å². The minimum atomic E-state index is -0.0945. The van der Waals surface area contributed by atoms with E-state index < -0.39 is 0 Å². The van der Waals surface area contributed by atoms with Crippen LogP contribution >= 0.6 is 0 Å². The van der Waals surface area contributed by atoms with Crippen LogP contribution in [0.4, 0.5) is 0 Å². The number of aliphatic hydroxyl groups excluding tert-OH is 1. The summed E-state index contributed by atoms with van der Waals surface area (Å²) < 4.78 is 5.38. The van der Waals surface area contributed by atoms with E-state index in [1.165, 1.54) is 25.7 Å². The second-order valence-corrected chi connectivity index (χ2v) is 5.04. The Balaban J connectivity index is 2.10. The fraction of sp³-hybridized carbons (Fsp3) is 0.600. The first kappa shape index (κ1) is 14.2. The molecule has 0 radical (unpaired) electrons. The van der Waals surface area contributed by atoms with Crippen molar-refractivity contribution in [1.29, 1.82) is 0 Å². The molecule has 1 aliphatic rings. The van der Waals surface area contributed by atoms with E-state index in [-0.39, 0.29) is 18.4 Å². The number of nitrogens with one attached hydrogen (secondary N) is 1. The second-order valence-electron chi connectivity index (χ2n) is 5.04. The van der Waals surface area contributed by atoms with Crippen LogP contribution in [0, 0.1) is 0 Å². The Morgan fingerprint density at radius 2 is 2.11 bits per heavy atom. The van der Waals surface area contributed by atoms with Gasteiger partial charge in [0, 0.05) is 6.04 Å². The third-order valence-electron chi connectivity index (χ3n) is 3.66. The molecule has 1 aromatic rings. The maximum absolute atomic E-state index is 9.70. The van der Waals surface area contributed by atoms with Crippen LogP contribution in [-0.2, 0) is 0 Å². The molecular weight excluding hydrogens is 242 g/mol. The molecule has 2 rings (SSSR count). The predicted molar refractivity (Wildman–Crippen MR) is 74.5 cm³/mol. The van der Waals surface area contributed by atoms with Crippen molar-refractivity contribution in [2.75, 3.05) is 13.2 Å². The topological polar surface area (TPSA) is 61.7 Å². The lowest BCUT2D eigenvalue weighted by atomic mass is 10.1. The van der Waals surface area contributed by atoms with Crippen molar-refractivity contribution in [3.8, 4) is 11.5 Å². The number of benzene rings is 1. The summed E-state index contributed by atoms with van der Waals surface area (Å²) in [4.78, 5) is 0. The molecule has 1 unspecified atom stereocenters. The van der Waals surface area contributed by atoms with E-state index >= 15 is 0 Å². The Kier molecular flexibility index (Phi) is 5.05. The van der Waals surface area contributed by atoms with Gasteiger partial charge in [0.1, 0.15) is 0 Å². The molecular formula is C15H23NO3. The zero-order chi connectivity index (χ0) is 13.7. The zero-order valence-electron chi connectivity index (χ0n) is 11.4. The van der Waals surface area contributed by atoms with Crippen LogP contribution in [-0.4, -0.2) is 29.5 Å². The maximum atomic E-state index is 9.70. The zero-order valence-corrected chi connectivity index (χ0v) is 11.4. The smallest absolute Gasteiger partial charge is 0.161 e. The predicted octanol–water partition coefficient (Wildman–Crippen LogP) is 2.36. The highest BCUT2D eigenvalue weighted by molar-refractivity contribution is 5.42. The summed E-state index contributed by atoms with van der Waals surface area (Å²) in [6, 6.07) is 5.66. The van der Waals surface area contributed by atoms with Crippen molar-refractivity contribution >= 4 is 0 Å². The summed E-state index contributed by atoms with van der Waals surface area (Å²) in [6.45, 7) is 2.44. The van der Waals surface area contributed by atoms with Gasteiger partial charge >= 0.3 is 0 Å². The van der Waals surface area contributed by atoms with Gasteiger partial charge in [-0.25, -0.2) is 0 Å². The normalized spacial score (nSPS) is 17.6. The molecule has 106 valence electrons. The molecule has 0 aromatic heterocycles. The van der Waals surface area contributed by atoms with Gasteiger partial charge in [-0.05, 0) is 37.5 Å². The summed E-state index contributed by atoms with van der Waals surface area (Å²) in [6.07, 6.45) is 4.87. The van der Waals surface area contributed by atoms with Crippen LogP contribution in [0.5, 0.6) is 11.5 Å². The number of hydrogen-bond donors (Lipinski definition) is 3. The number of ether oxygens (including phenoxy) is 1. The molecule has 0 bridgehead atoms. The van der Waals surface area contributed by atoms with Gasteiger partial charge in [0.25, 0.3) is 0 Å². The van der Waals surface area contributed by atoms with E-state index in [9.17, 15) is 10.2 Å². The molecule has 1 aliphatic carbocycles. The summed E-state index contributed by atoms with van der Waals surface area (Å²) in [5.41, 5.74) is 0.954. The number of aliphatic hydroxyl groups is 1. The van der Waals surface area contributed by atoms with Gasteiger partial charge in [-0.2, -0.15) is 0 Å². The summed E-state index contributed by atoms with van der Waals surface area (Å²) >= 11 is 0. The minimum absolute atomic E-state index is 0.0485. The molecule has 4 nitrogen and oxygen atoms in total. The SMILES string of the molecule is CCOc1cc(C(CO)NC2CCCC2)ccc1O. The molecule has 19 heavy (non-hydrogen) atoms. The van der Waals surface area contributed by atoms with Gasteiger partial charge < -0.3 is 20.3 Å². The molecule has 0 amide bonds. The average Bonchev–Trinajstić information content (AvgIpc) is 2.92. The monoisotopic (exact) mass is 265 g/mol. The van der Waals surface area contributed by atoms with E-state index in [1.807, 2.05) is 19.1 Å². The van der Waals surface area contributed by atoms with E-state index in [1.54, 1.807) is 6.07 Å². The van der Waals surface area contributed by atoms with Gasteiger partial charge in [-0.15, -0.1) is 0 Å². The molecule has 1 saturated carbocycles. The average molecular weight is 265 g/mol. The third-order valence-corrected chi connectivity index (χ3v) is 3.66. The lowest BCUT2D eigenvalue weighted by molar-refractivity contribution is 0.232. The molecule has 0 heterocycles. The first-order chi connectivity index (χ1) is 9.24. The van der Waals surface area contributed by atoms with Crippen molar-refractivity contribution in [2.45, 2.75) is 44.7 Å². The van der Waals surface area contributed by atoms with E-state index in [0.717, 1.165) is 5.56 Å². The first-order valence-corrected chi connectivity index (χ1v) is 7.07. The molecule has 1 aromatic carbocycles. The lowest BCUT2D eigenvalue weighted by Crippen LogP contribution is -2.32. The standard InChI is InChI=1S/C15H23NO3/c1-2-19-15-9-11(7-8-14(15)18)13(10-17)16-12-5-3-4-6-12/h7-9,12-13,16-18H,2-6,10H2,1H3. The van der Waals surface area contributed by atoms with Crippen molar-refractivity contribution < 1.29 is 14.9 Å². The Hall–Kier alpha value is -1.26. The van der Waals surface area contributed by atoms with Crippen LogP contribution in [0.3, 0.4) is 0 Å². The Bertz CT molecular complexity index is 402. The van der Waals surface area contributed by atoms with Crippen LogP contribution in [0.2, 0.25) is 0 Å². The van der Waals surface area contributed by atoms with E-state index in [0.29, 0.717) is 18.4 Å². The van der Waals surface area contributed by atoms with Gasteiger partial charge in [-0.3, -0.25) is 0 Å². The van der Waals surface area contributed by atoms with Crippen molar-refractivity contribution in [2.24, 2.45) is 0 Å². The Morgan fingerprint density at radius 1 is 1.37 bits per heavy atom. The molecule has 1 atom stereocenters. The Labute approximate surface area is 114 Å². The highest BCUT2D eigenvalue weighted by atomic mass is 16.5. The highest BCUT2D eigenvalue weighted by Crippen LogP contribution is 2.30. The quantitative estimate of drug-likeness (QED) is 0.739. The number of phenols is 1. The van der Waals surface area contributed by atoms with Crippen molar-refractivity contribution in [3.63, 3.8) is 0 Å². The fourth-order valence-electron chi connectivity index (χ4n) is 2.65. The lowest BCUT2D eigenvalue weighted by Gasteiger charge is -2.22. The summed E-state index contributed by atoms with van der Waals surface area (Å²) in [7, 11) is 0. The molecule has 3 N–H and O–H groups in total. The molecule has 1 fully saturated rings. The third kappa shape index (κ3) is 3.61. The molecule has 4 heteroatoms. The number of rotatable bonds is 6. The first-order valence-electron chi connectivity index (χ1n) is 7.07. The van der Waals surface area contributed by atoms with Gasteiger partial charge in [0.2, 0.25) is 0 Å². The second kappa shape index (κ2) is 6.78. The molecule has 0 spiro atoms. The number of aromatic hydroxyl groups is 1. The van der Waals surface area contributed by atoms with Gasteiger partial charge in [0.05, 0.1) is 19.3 Å². The van der Waals surface area contributed by atoms with Crippen molar-refractivity contribution in [3.05, 3.63) is 23.8 Å². The fourth-order valence-corrected chi connectivity index (χ4v) is 2.65. The summed E-state index contributed by atoms with van der Waals surface area (Å²) in [5.74, 6) is 0.620. The van der Waals surface area contributed by atoms with Crippen LogP contribution in [0.15, 0.2) is 18.2 Å². The number of phenolic OH excluding ortho intramolecular Hbond substituents is 1. The highest BCUT2D eigenvalue weighted by Gasteiger charge is 2.20. The molecule has 0 saturated heterocycles. The van der Waals surface area contributed by atoms with Crippen LogP contribution < -0.4 is 10.1 Å². The van der Waals surface area contributed by atoms with Crippen LogP contribution in [0.1, 0.15) is 44.2 Å². The largest absolute Gasteiger partial charge is 0.504 e. The van der Waals surface area contributed by atoms with E-state index in [4.69, 9.17) is 4.74 Å². The Morgan fingerprint density at radius 3 is 2.74 bits per heavy atom. The van der Waals surface area contributed by atoms with Gasteiger partial charge in [-0.1, -0.05) is 18.9 Å². The van der Waals surface area contributed by atoms with Crippen molar-refractivity contribution in [1.82, 2.24) is 5.32 Å². The molecule has 0 aliphatic heterocycles. The summed E-state index contributed by atoms with van der Waals surface area (Å²) in [5, 5.41) is 22.7.